The van der Waals surface area contributed by atoms with E-state index in [1.54, 1.807) is 43.3 Å². The molecule has 4 rings (SSSR count). The molecule has 1 saturated heterocycles. The van der Waals surface area contributed by atoms with Crippen LogP contribution in [0, 0.1) is 0 Å². The Kier molecular flexibility index (Phi) is 7.82. The van der Waals surface area contributed by atoms with E-state index in [4.69, 9.17) is 37.4 Å². The molecule has 1 aromatic heterocycles. The van der Waals surface area contributed by atoms with E-state index in [1.165, 1.54) is 0 Å². The van der Waals surface area contributed by atoms with Gasteiger partial charge in [0.1, 0.15) is 0 Å². The zero-order chi connectivity index (χ0) is 23.3. The number of aromatic nitrogens is 2. The number of nitrogens with one attached hydrogen (secondary N) is 1. The first-order valence-electron chi connectivity index (χ1n) is 10.4. The van der Waals surface area contributed by atoms with Gasteiger partial charge in [0.05, 0.1) is 37.2 Å². The maximum absolute atomic E-state index is 11.5. The summed E-state index contributed by atoms with van der Waals surface area (Å²) in [6.07, 6.45) is 4.66. The van der Waals surface area contributed by atoms with E-state index in [0.29, 0.717) is 41.2 Å². The molecule has 2 heterocycles. The lowest BCUT2D eigenvalue weighted by atomic mass is 10.1. The van der Waals surface area contributed by atoms with Crippen molar-refractivity contribution in [2.45, 2.75) is 30.3 Å². The minimum Gasteiger partial charge on any atom is -0.450 e. The van der Waals surface area contributed by atoms with Crippen molar-refractivity contribution in [1.29, 1.82) is 0 Å². The zero-order valence-corrected chi connectivity index (χ0v) is 20.2. The number of hydrogen-bond donors (Lipinski definition) is 1. The zero-order valence-electron chi connectivity index (χ0n) is 17.9. The van der Waals surface area contributed by atoms with Crippen LogP contribution in [0.3, 0.4) is 0 Å². The molecule has 0 saturated carbocycles. The summed E-state index contributed by atoms with van der Waals surface area (Å²) >= 11 is 14.3. The first-order chi connectivity index (χ1) is 16.0. The van der Waals surface area contributed by atoms with Crippen molar-refractivity contribution < 1.29 is 19.0 Å². The second-order valence-corrected chi connectivity index (χ2v) is 9.28. The van der Waals surface area contributed by atoms with Crippen molar-refractivity contribution in [1.82, 2.24) is 9.55 Å². The van der Waals surface area contributed by atoms with Crippen LogP contribution in [0.1, 0.15) is 12.5 Å². The molecule has 0 spiro atoms. The molecule has 1 N–H and O–H groups in total. The molecule has 3 aromatic rings. The van der Waals surface area contributed by atoms with E-state index in [9.17, 15) is 4.79 Å². The fraction of sp³-hybridized carbons (Fsp3) is 0.304. The molecule has 7 nitrogen and oxygen atoms in total. The Hall–Kier alpha value is -2.23. The smallest absolute Gasteiger partial charge is 0.411 e. The average molecular weight is 508 g/mol. The molecule has 174 valence electrons. The first-order valence-corrected chi connectivity index (χ1v) is 12.1. The van der Waals surface area contributed by atoms with Gasteiger partial charge in [-0.05, 0) is 43.3 Å². The standard InChI is InChI=1S/C23H23Cl2N3O4S/c1-2-30-22(29)27-17-4-6-19(7-5-17)33-13-18-12-31-23(32-18,14-28-10-9-26-15-28)20-8-3-16(24)11-21(20)25/h3-11,15,18H,2,12-14H2,1H3,(H,27,29)/t18-,23+/m1/s1. The number of rotatable bonds is 8. The van der Waals surface area contributed by atoms with E-state index in [1.807, 2.05) is 41.1 Å². The number of nitrogens with zero attached hydrogens (tertiary/aromatic N) is 2. The predicted octanol–water partition coefficient (Wildman–Crippen LogP) is 5.82. The van der Waals surface area contributed by atoms with Gasteiger partial charge in [0, 0.05) is 39.3 Å². The quantitative estimate of drug-likeness (QED) is 0.387. The van der Waals surface area contributed by atoms with Crippen molar-refractivity contribution in [3.63, 3.8) is 0 Å². The number of ether oxygens (including phenoxy) is 3. The van der Waals surface area contributed by atoms with E-state index in [-0.39, 0.29) is 6.10 Å². The Morgan fingerprint density at radius 3 is 2.82 bits per heavy atom. The molecule has 1 amide bonds. The summed E-state index contributed by atoms with van der Waals surface area (Å²) in [5.74, 6) is -0.359. The molecule has 33 heavy (non-hydrogen) atoms. The molecule has 10 heteroatoms. The van der Waals surface area contributed by atoms with Gasteiger partial charge in [0.25, 0.3) is 0 Å². The Morgan fingerprint density at radius 2 is 2.12 bits per heavy atom. The molecule has 1 aliphatic heterocycles. The largest absolute Gasteiger partial charge is 0.450 e. The van der Waals surface area contributed by atoms with Gasteiger partial charge in [-0.25, -0.2) is 9.78 Å². The summed E-state index contributed by atoms with van der Waals surface area (Å²) in [6.45, 7) is 2.92. The number of carbonyl (C=O) groups excluding carboxylic acids is 1. The Morgan fingerprint density at radius 1 is 1.30 bits per heavy atom. The number of halogens is 2. The number of hydrogen-bond acceptors (Lipinski definition) is 6. The Labute approximate surface area is 206 Å². The lowest BCUT2D eigenvalue weighted by Crippen LogP contribution is -2.34. The molecule has 2 aromatic carbocycles. The summed E-state index contributed by atoms with van der Waals surface area (Å²) in [5.41, 5.74) is 1.40. The number of benzene rings is 2. The normalized spacial score (nSPS) is 20.0. The maximum Gasteiger partial charge on any atom is 0.411 e. The predicted molar refractivity (Wildman–Crippen MR) is 129 cm³/mol. The third kappa shape index (κ3) is 6.02. The van der Waals surface area contributed by atoms with Crippen LogP contribution < -0.4 is 5.32 Å². The molecule has 1 fully saturated rings. The summed E-state index contributed by atoms with van der Waals surface area (Å²) in [5, 5.41) is 3.72. The monoisotopic (exact) mass is 507 g/mol. The maximum atomic E-state index is 11.5. The highest BCUT2D eigenvalue weighted by Gasteiger charge is 2.45. The van der Waals surface area contributed by atoms with E-state index in [2.05, 4.69) is 10.3 Å². The molecule has 0 radical (unpaired) electrons. The number of imidazole rings is 1. The van der Waals surface area contributed by atoms with Crippen LogP contribution in [0.15, 0.2) is 66.1 Å². The minimum absolute atomic E-state index is 0.150. The van der Waals surface area contributed by atoms with Crippen LogP contribution in [0.4, 0.5) is 10.5 Å². The molecule has 0 aliphatic carbocycles. The number of thioether (sulfide) groups is 1. The first kappa shape index (κ1) is 23.9. The second kappa shape index (κ2) is 10.8. The summed E-state index contributed by atoms with van der Waals surface area (Å²) in [6, 6.07) is 12.9. The van der Waals surface area contributed by atoms with E-state index in [0.717, 1.165) is 10.5 Å². The summed E-state index contributed by atoms with van der Waals surface area (Å²) in [7, 11) is 0. The lowest BCUT2D eigenvalue weighted by molar-refractivity contribution is -0.184. The van der Waals surface area contributed by atoms with Crippen molar-refractivity contribution in [3.05, 3.63) is 76.8 Å². The number of anilines is 1. The van der Waals surface area contributed by atoms with Gasteiger partial charge in [-0.2, -0.15) is 0 Å². The number of amides is 1. The lowest BCUT2D eigenvalue weighted by Gasteiger charge is -2.30. The molecule has 0 unspecified atom stereocenters. The van der Waals surface area contributed by atoms with Crippen LogP contribution >= 0.6 is 35.0 Å². The highest BCUT2D eigenvalue weighted by Crippen LogP contribution is 2.41. The van der Waals surface area contributed by atoms with Gasteiger partial charge in [-0.1, -0.05) is 29.3 Å². The molecule has 2 atom stereocenters. The van der Waals surface area contributed by atoms with Gasteiger partial charge in [0.15, 0.2) is 0 Å². The third-order valence-electron chi connectivity index (χ3n) is 4.96. The fourth-order valence-corrected chi connectivity index (χ4v) is 4.91. The molecule has 0 bridgehead atoms. The van der Waals surface area contributed by atoms with Gasteiger partial charge in [-0.3, -0.25) is 5.32 Å². The van der Waals surface area contributed by atoms with Gasteiger partial charge in [-0.15, -0.1) is 11.8 Å². The second-order valence-electron chi connectivity index (χ2n) is 7.34. The highest BCUT2D eigenvalue weighted by atomic mass is 35.5. The average Bonchev–Trinajstić information content (AvgIpc) is 3.44. The van der Waals surface area contributed by atoms with E-state index >= 15 is 0 Å². The van der Waals surface area contributed by atoms with Crippen molar-refractivity contribution in [2.24, 2.45) is 0 Å². The van der Waals surface area contributed by atoms with Gasteiger partial charge < -0.3 is 18.8 Å². The van der Waals surface area contributed by atoms with Crippen LogP contribution in [0.5, 0.6) is 0 Å². The van der Waals surface area contributed by atoms with Crippen LogP contribution in [0.2, 0.25) is 10.0 Å². The van der Waals surface area contributed by atoms with Crippen LogP contribution in [-0.2, 0) is 26.5 Å². The molecular formula is C23H23Cl2N3O4S. The van der Waals surface area contributed by atoms with Gasteiger partial charge >= 0.3 is 6.09 Å². The fourth-order valence-electron chi connectivity index (χ4n) is 3.48. The Balaban J connectivity index is 1.42. The Bertz CT molecular complexity index is 1080. The van der Waals surface area contributed by atoms with Crippen LogP contribution in [0.25, 0.3) is 0 Å². The molecule has 1 aliphatic rings. The van der Waals surface area contributed by atoms with Crippen LogP contribution in [-0.4, -0.2) is 40.7 Å². The summed E-state index contributed by atoms with van der Waals surface area (Å²) in [4.78, 5) is 16.7. The topological polar surface area (TPSA) is 74.6 Å². The minimum atomic E-state index is -1.04. The van der Waals surface area contributed by atoms with Crippen molar-refractivity contribution in [2.75, 3.05) is 24.3 Å². The van der Waals surface area contributed by atoms with Crippen molar-refractivity contribution >= 4 is 46.7 Å². The number of carbonyl (C=O) groups is 1. The third-order valence-corrected chi connectivity index (χ3v) is 6.65. The highest BCUT2D eigenvalue weighted by molar-refractivity contribution is 7.99. The van der Waals surface area contributed by atoms with E-state index < -0.39 is 11.9 Å². The molecular weight excluding hydrogens is 485 g/mol. The SMILES string of the molecule is CCOC(=O)Nc1ccc(SC[C@H]2CO[C@](Cn3ccnc3)(c3ccc(Cl)cc3Cl)O2)cc1. The summed E-state index contributed by atoms with van der Waals surface area (Å²) < 4.78 is 19.5. The van der Waals surface area contributed by atoms with Gasteiger partial charge in [0.2, 0.25) is 5.79 Å². The van der Waals surface area contributed by atoms with Crippen molar-refractivity contribution in [3.8, 4) is 0 Å².